The smallest absolute Gasteiger partial charge is 0.115 e. The Labute approximate surface area is 161 Å². The molecule has 2 aromatic rings. The molecule has 27 heavy (non-hydrogen) atoms. The zero-order chi connectivity index (χ0) is 19.8. The number of phenolic OH excluding ortho intramolecular Hbond substituents is 1. The molecule has 0 fully saturated rings. The topological polar surface area (TPSA) is 79.5 Å². The molecule has 0 saturated carbocycles. The lowest BCUT2D eigenvalue weighted by molar-refractivity contribution is 0.135. The molecule has 2 atom stereocenters. The van der Waals surface area contributed by atoms with E-state index in [1.54, 1.807) is 24.3 Å². The number of anilines is 1. The van der Waals surface area contributed by atoms with Gasteiger partial charge in [-0.2, -0.15) is 5.26 Å². The number of aliphatic hydroxyl groups excluding tert-OH is 1. The Morgan fingerprint density at radius 2 is 1.89 bits per heavy atom. The Bertz CT molecular complexity index is 768. The van der Waals surface area contributed by atoms with Gasteiger partial charge in [-0.15, -0.1) is 0 Å². The Morgan fingerprint density at radius 1 is 1.19 bits per heavy atom. The quantitative estimate of drug-likeness (QED) is 0.630. The van der Waals surface area contributed by atoms with Gasteiger partial charge in [0.15, 0.2) is 0 Å². The maximum absolute atomic E-state index is 10.5. The van der Waals surface area contributed by atoms with Crippen LogP contribution in [-0.4, -0.2) is 29.3 Å². The first kappa shape index (κ1) is 20.8. The van der Waals surface area contributed by atoms with Crippen LogP contribution in [-0.2, 0) is 6.54 Å². The highest BCUT2D eigenvalue weighted by molar-refractivity contribution is 5.51. The second kappa shape index (κ2) is 9.96. The Morgan fingerprint density at radius 3 is 2.48 bits per heavy atom. The Kier molecular flexibility index (Phi) is 7.66. The van der Waals surface area contributed by atoms with E-state index in [9.17, 15) is 10.2 Å². The molecule has 2 rings (SSSR count). The van der Waals surface area contributed by atoms with E-state index in [1.807, 2.05) is 6.92 Å². The fraction of sp³-hybridized carbons (Fsp3) is 0.409. The molecule has 0 amide bonds. The van der Waals surface area contributed by atoms with Gasteiger partial charge in [0, 0.05) is 31.4 Å². The van der Waals surface area contributed by atoms with Gasteiger partial charge in [0.1, 0.15) is 5.75 Å². The summed E-state index contributed by atoms with van der Waals surface area (Å²) in [7, 11) is 0. The highest BCUT2D eigenvalue weighted by Gasteiger charge is 2.16. The lowest BCUT2D eigenvalue weighted by atomic mass is 10.0. The molecule has 0 aliphatic carbocycles. The summed E-state index contributed by atoms with van der Waals surface area (Å²) >= 11 is 0. The van der Waals surface area contributed by atoms with Crippen LogP contribution < -0.4 is 10.2 Å². The molecule has 0 heterocycles. The SMILES string of the molecule is CCN(CCC#N)c1ccc(CNC(C)C(O)c2ccc(O)cc2)c(C)c1. The van der Waals surface area contributed by atoms with Gasteiger partial charge in [0.05, 0.1) is 18.6 Å². The fourth-order valence-corrected chi connectivity index (χ4v) is 3.07. The minimum atomic E-state index is -0.647. The van der Waals surface area contributed by atoms with Crippen LogP contribution in [0.15, 0.2) is 42.5 Å². The number of hydrogen-bond donors (Lipinski definition) is 3. The summed E-state index contributed by atoms with van der Waals surface area (Å²) < 4.78 is 0. The van der Waals surface area contributed by atoms with Crippen molar-refractivity contribution in [2.45, 2.75) is 45.9 Å². The molecule has 5 nitrogen and oxygen atoms in total. The molecule has 0 aliphatic heterocycles. The van der Waals surface area contributed by atoms with Gasteiger partial charge in [-0.25, -0.2) is 0 Å². The number of aryl methyl sites for hydroxylation is 1. The summed E-state index contributed by atoms with van der Waals surface area (Å²) in [6, 6.07) is 15.1. The van der Waals surface area contributed by atoms with Crippen LogP contribution in [0, 0.1) is 18.3 Å². The van der Waals surface area contributed by atoms with Crippen LogP contribution in [0.3, 0.4) is 0 Å². The fourth-order valence-electron chi connectivity index (χ4n) is 3.07. The molecule has 5 heteroatoms. The average molecular weight is 367 g/mol. The number of rotatable bonds is 9. The zero-order valence-electron chi connectivity index (χ0n) is 16.3. The number of nitrogens with one attached hydrogen (secondary N) is 1. The summed E-state index contributed by atoms with van der Waals surface area (Å²) in [6.45, 7) is 8.39. The number of nitrogens with zero attached hydrogens (tertiary/aromatic N) is 2. The van der Waals surface area contributed by atoms with Crippen molar-refractivity contribution in [2.75, 3.05) is 18.0 Å². The molecule has 0 saturated heterocycles. The second-order valence-corrected chi connectivity index (χ2v) is 6.80. The summed E-state index contributed by atoms with van der Waals surface area (Å²) in [6.07, 6.45) is -0.130. The molecule has 144 valence electrons. The lowest BCUT2D eigenvalue weighted by Gasteiger charge is -2.24. The maximum Gasteiger partial charge on any atom is 0.115 e. The second-order valence-electron chi connectivity index (χ2n) is 6.80. The standard InChI is InChI=1S/C22H29N3O2/c1-4-25(13-5-12-23)20-9-6-19(16(2)14-20)15-24-17(3)22(27)18-7-10-21(26)11-8-18/h6-11,14,17,22,24,26-27H,4-5,13,15H2,1-3H3. The first-order valence-corrected chi connectivity index (χ1v) is 9.38. The minimum absolute atomic E-state index is 0.128. The molecule has 0 radical (unpaired) electrons. The maximum atomic E-state index is 10.5. The predicted octanol–water partition coefficient (Wildman–Crippen LogP) is 3.65. The Balaban J connectivity index is 1.98. The van der Waals surface area contributed by atoms with Crippen molar-refractivity contribution >= 4 is 5.69 Å². The summed E-state index contributed by atoms with van der Waals surface area (Å²) in [4.78, 5) is 2.20. The number of benzene rings is 2. The molecule has 0 spiro atoms. The van der Waals surface area contributed by atoms with Crippen LogP contribution in [0.1, 0.15) is 43.1 Å². The number of phenols is 1. The van der Waals surface area contributed by atoms with Crippen molar-refractivity contribution in [3.05, 3.63) is 59.2 Å². The van der Waals surface area contributed by atoms with Crippen LogP contribution in [0.2, 0.25) is 0 Å². The third-order valence-corrected chi connectivity index (χ3v) is 4.89. The van der Waals surface area contributed by atoms with E-state index in [4.69, 9.17) is 5.26 Å². The molecule has 3 N–H and O–H groups in total. The van der Waals surface area contributed by atoms with Gasteiger partial charge in [0.25, 0.3) is 0 Å². The van der Waals surface area contributed by atoms with E-state index < -0.39 is 6.10 Å². The Hall–Kier alpha value is -2.55. The molecule has 0 bridgehead atoms. The van der Waals surface area contributed by atoms with E-state index in [0.717, 1.165) is 24.3 Å². The third-order valence-electron chi connectivity index (χ3n) is 4.89. The highest BCUT2D eigenvalue weighted by atomic mass is 16.3. The van der Waals surface area contributed by atoms with Crippen LogP contribution in [0.25, 0.3) is 0 Å². The van der Waals surface area contributed by atoms with Crippen molar-refractivity contribution in [2.24, 2.45) is 0 Å². The van der Waals surface area contributed by atoms with E-state index in [-0.39, 0.29) is 11.8 Å². The van der Waals surface area contributed by atoms with Gasteiger partial charge >= 0.3 is 0 Å². The van der Waals surface area contributed by atoms with Gasteiger partial charge in [-0.1, -0.05) is 18.2 Å². The number of hydrogen-bond acceptors (Lipinski definition) is 5. The van der Waals surface area contributed by atoms with E-state index in [2.05, 4.69) is 48.3 Å². The number of aromatic hydroxyl groups is 1. The van der Waals surface area contributed by atoms with Crippen LogP contribution >= 0.6 is 0 Å². The van der Waals surface area contributed by atoms with Gasteiger partial charge in [0.2, 0.25) is 0 Å². The molecule has 0 aromatic heterocycles. The summed E-state index contributed by atoms with van der Waals surface area (Å²) in [5.74, 6) is 0.193. The zero-order valence-corrected chi connectivity index (χ0v) is 16.3. The number of aliphatic hydroxyl groups is 1. The first-order chi connectivity index (χ1) is 13.0. The van der Waals surface area contributed by atoms with Crippen LogP contribution in [0.4, 0.5) is 5.69 Å². The first-order valence-electron chi connectivity index (χ1n) is 9.38. The molecule has 2 unspecified atom stereocenters. The van der Waals surface area contributed by atoms with Crippen molar-refractivity contribution in [3.63, 3.8) is 0 Å². The largest absolute Gasteiger partial charge is 0.508 e. The van der Waals surface area contributed by atoms with Crippen LogP contribution in [0.5, 0.6) is 5.75 Å². The van der Waals surface area contributed by atoms with Crippen molar-refractivity contribution in [3.8, 4) is 11.8 Å². The van der Waals surface area contributed by atoms with E-state index in [1.165, 1.54) is 11.1 Å². The van der Waals surface area contributed by atoms with Gasteiger partial charge in [-0.3, -0.25) is 0 Å². The minimum Gasteiger partial charge on any atom is -0.508 e. The van der Waals surface area contributed by atoms with Crippen molar-refractivity contribution in [1.82, 2.24) is 5.32 Å². The van der Waals surface area contributed by atoms with Crippen molar-refractivity contribution < 1.29 is 10.2 Å². The van der Waals surface area contributed by atoms with Gasteiger partial charge < -0.3 is 20.4 Å². The third kappa shape index (κ3) is 5.72. The van der Waals surface area contributed by atoms with Gasteiger partial charge in [-0.05, 0) is 61.7 Å². The lowest BCUT2D eigenvalue weighted by Crippen LogP contribution is -2.32. The summed E-state index contributed by atoms with van der Waals surface area (Å²) in [5, 5.41) is 32.0. The van der Waals surface area contributed by atoms with Crippen molar-refractivity contribution in [1.29, 1.82) is 5.26 Å². The molecular formula is C22H29N3O2. The van der Waals surface area contributed by atoms with E-state index >= 15 is 0 Å². The molecule has 0 aliphatic rings. The highest BCUT2D eigenvalue weighted by Crippen LogP contribution is 2.22. The molecule has 2 aromatic carbocycles. The predicted molar refractivity (Wildman–Crippen MR) is 109 cm³/mol. The van der Waals surface area contributed by atoms with E-state index in [0.29, 0.717) is 13.0 Å². The average Bonchev–Trinajstić information content (AvgIpc) is 2.67. The normalized spacial score (nSPS) is 13.0. The molecular weight excluding hydrogens is 338 g/mol. The number of nitriles is 1. The summed E-state index contributed by atoms with van der Waals surface area (Å²) in [5.41, 5.74) is 4.27. The monoisotopic (exact) mass is 367 g/mol.